The predicted octanol–water partition coefficient (Wildman–Crippen LogP) is 2.78. The Morgan fingerprint density at radius 2 is 1.71 bits per heavy atom. The first kappa shape index (κ1) is 25.9. The van der Waals surface area contributed by atoms with E-state index in [9.17, 15) is 0 Å². The van der Waals surface area contributed by atoms with Gasteiger partial charge in [-0.05, 0) is 54.4 Å². The van der Waals surface area contributed by atoms with Crippen LogP contribution in [0.15, 0.2) is 4.99 Å². The number of likely N-dealkylation sites (tertiary alicyclic amines) is 1. The van der Waals surface area contributed by atoms with Crippen LogP contribution in [0.3, 0.4) is 0 Å². The Morgan fingerprint density at radius 3 is 2.21 bits per heavy atom. The van der Waals surface area contributed by atoms with Crippen LogP contribution < -0.4 is 10.6 Å². The first-order valence-corrected chi connectivity index (χ1v) is 10.8. The molecule has 2 aliphatic rings. The molecule has 2 heterocycles. The quantitative estimate of drug-likeness (QED) is 0.328. The van der Waals surface area contributed by atoms with Crippen molar-refractivity contribution in [2.24, 2.45) is 10.9 Å². The van der Waals surface area contributed by atoms with Gasteiger partial charge in [0, 0.05) is 50.3 Å². The molecule has 6 nitrogen and oxygen atoms in total. The number of hydrogen-bond donors (Lipinski definition) is 2. The van der Waals surface area contributed by atoms with E-state index in [0.29, 0.717) is 18.0 Å². The van der Waals surface area contributed by atoms with Gasteiger partial charge in [0.25, 0.3) is 0 Å². The van der Waals surface area contributed by atoms with Gasteiger partial charge in [0.1, 0.15) is 0 Å². The number of hydrogen-bond acceptors (Lipinski definition) is 4. The molecule has 28 heavy (non-hydrogen) atoms. The van der Waals surface area contributed by atoms with Crippen LogP contribution in [0, 0.1) is 5.92 Å². The zero-order chi connectivity index (χ0) is 20.2. The molecular formula is C21H44IN5O. The van der Waals surface area contributed by atoms with Gasteiger partial charge in [-0.3, -0.25) is 14.8 Å². The van der Waals surface area contributed by atoms with Gasteiger partial charge in [-0.1, -0.05) is 6.92 Å². The summed E-state index contributed by atoms with van der Waals surface area (Å²) < 4.78 is 5.90. The summed E-state index contributed by atoms with van der Waals surface area (Å²) in [5, 5.41) is 7.14. The summed E-state index contributed by atoms with van der Waals surface area (Å²) in [4.78, 5) is 10.0. The van der Waals surface area contributed by atoms with Crippen LogP contribution in [-0.2, 0) is 4.74 Å². The van der Waals surface area contributed by atoms with Gasteiger partial charge in [-0.25, -0.2) is 0 Å². The van der Waals surface area contributed by atoms with Gasteiger partial charge in [-0.15, -0.1) is 24.0 Å². The van der Waals surface area contributed by atoms with Crippen LogP contribution in [-0.4, -0.2) is 84.9 Å². The molecule has 0 aromatic heterocycles. The normalized spacial score (nSPS) is 30.4. The fraction of sp³-hybridized carbons (Fsp3) is 0.952. The average Bonchev–Trinajstić information content (AvgIpc) is 2.93. The second-order valence-electron chi connectivity index (χ2n) is 9.45. The lowest BCUT2D eigenvalue weighted by Crippen LogP contribution is -2.56. The highest BCUT2D eigenvalue weighted by Crippen LogP contribution is 2.22. The van der Waals surface area contributed by atoms with Gasteiger partial charge in [0.05, 0.1) is 18.8 Å². The van der Waals surface area contributed by atoms with Crippen LogP contribution in [0.25, 0.3) is 0 Å². The van der Waals surface area contributed by atoms with Gasteiger partial charge in [-0.2, -0.15) is 0 Å². The summed E-state index contributed by atoms with van der Waals surface area (Å²) >= 11 is 0. The Labute approximate surface area is 190 Å². The van der Waals surface area contributed by atoms with E-state index in [1.54, 1.807) is 0 Å². The van der Waals surface area contributed by atoms with Crippen LogP contribution >= 0.6 is 24.0 Å². The van der Waals surface area contributed by atoms with Crippen molar-refractivity contribution in [3.05, 3.63) is 0 Å². The number of morpholine rings is 1. The minimum atomic E-state index is 0. The number of rotatable bonds is 6. The first-order valence-electron chi connectivity index (χ1n) is 10.8. The molecule has 2 aliphatic heterocycles. The zero-order valence-corrected chi connectivity index (χ0v) is 21.6. The Morgan fingerprint density at radius 1 is 1.11 bits per heavy atom. The van der Waals surface area contributed by atoms with Crippen molar-refractivity contribution in [2.45, 2.75) is 85.2 Å². The minimum Gasteiger partial charge on any atom is -0.373 e. The van der Waals surface area contributed by atoms with E-state index in [-0.39, 0.29) is 41.7 Å². The van der Waals surface area contributed by atoms with Gasteiger partial charge >= 0.3 is 0 Å². The number of aliphatic imine (C=N–C) groups is 1. The third kappa shape index (κ3) is 7.29. The van der Waals surface area contributed by atoms with Crippen molar-refractivity contribution >= 4 is 29.9 Å². The molecule has 2 saturated heterocycles. The molecule has 0 aromatic carbocycles. The second-order valence-corrected chi connectivity index (χ2v) is 9.45. The van der Waals surface area contributed by atoms with Crippen molar-refractivity contribution < 1.29 is 4.74 Å². The predicted molar refractivity (Wildman–Crippen MR) is 130 cm³/mol. The molecule has 0 radical (unpaired) electrons. The molecule has 4 unspecified atom stereocenters. The monoisotopic (exact) mass is 509 g/mol. The van der Waals surface area contributed by atoms with Gasteiger partial charge in [0.2, 0.25) is 0 Å². The standard InChI is InChI=1S/C21H43N5O.HI/c1-9-22-20(24-19-13-25(15(2)3)10-16(19)4)23-14-21(7,8)26-11-17(5)27-18(6)12-26;/h15-19H,9-14H2,1-8H3,(H2,22,23,24);1H. The van der Waals surface area contributed by atoms with E-state index in [1.165, 1.54) is 0 Å². The molecule has 166 valence electrons. The van der Waals surface area contributed by atoms with E-state index in [2.05, 4.69) is 75.8 Å². The Balaban J connectivity index is 0.00000392. The molecule has 0 spiro atoms. The molecule has 0 aliphatic carbocycles. The van der Waals surface area contributed by atoms with Crippen LogP contribution in [0.4, 0.5) is 0 Å². The first-order chi connectivity index (χ1) is 12.6. The molecule has 0 amide bonds. The SMILES string of the molecule is CCNC(=NCC(C)(C)N1CC(C)OC(C)C1)NC1CN(C(C)C)CC1C.I. The van der Waals surface area contributed by atoms with E-state index in [1.807, 2.05) is 0 Å². The maximum Gasteiger partial charge on any atom is 0.191 e. The van der Waals surface area contributed by atoms with Crippen molar-refractivity contribution in [1.82, 2.24) is 20.4 Å². The third-order valence-electron chi connectivity index (χ3n) is 5.94. The van der Waals surface area contributed by atoms with Crippen molar-refractivity contribution in [1.29, 1.82) is 0 Å². The van der Waals surface area contributed by atoms with Gasteiger partial charge < -0.3 is 15.4 Å². The summed E-state index contributed by atoms with van der Waals surface area (Å²) in [6.07, 6.45) is 0.564. The smallest absolute Gasteiger partial charge is 0.191 e. The van der Waals surface area contributed by atoms with Crippen molar-refractivity contribution in [2.75, 3.05) is 39.3 Å². The highest BCUT2D eigenvalue weighted by Gasteiger charge is 2.34. The van der Waals surface area contributed by atoms with Crippen LogP contribution in [0.1, 0.15) is 55.4 Å². The lowest BCUT2D eigenvalue weighted by Gasteiger charge is -2.44. The van der Waals surface area contributed by atoms with E-state index in [0.717, 1.165) is 45.2 Å². The lowest BCUT2D eigenvalue weighted by atomic mass is 10.0. The molecule has 2 fully saturated rings. The van der Waals surface area contributed by atoms with Crippen LogP contribution in [0.5, 0.6) is 0 Å². The fourth-order valence-electron chi connectivity index (χ4n) is 4.15. The highest BCUT2D eigenvalue weighted by molar-refractivity contribution is 14.0. The summed E-state index contributed by atoms with van der Waals surface area (Å²) in [5.41, 5.74) is 0.0138. The molecule has 0 saturated carbocycles. The van der Waals surface area contributed by atoms with Gasteiger partial charge in [0.15, 0.2) is 5.96 Å². The molecule has 2 rings (SSSR count). The largest absolute Gasteiger partial charge is 0.373 e. The maximum absolute atomic E-state index is 5.90. The Kier molecular flexibility index (Phi) is 10.5. The Bertz CT molecular complexity index is 489. The fourth-order valence-corrected chi connectivity index (χ4v) is 4.15. The zero-order valence-electron chi connectivity index (χ0n) is 19.3. The number of nitrogens with one attached hydrogen (secondary N) is 2. The summed E-state index contributed by atoms with van der Waals surface area (Å²) in [7, 11) is 0. The van der Waals surface area contributed by atoms with E-state index in [4.69, 9.17) is 9.73 Å². The summed E-state index contributed by atoms with van der Waals surface area (Å²) in [5.74, 6) is 1.58. The summed E-state index contributed by atoms with van der Waals surface area (Å²) in [6.45, 7) is 23.8. The molecule has 0 bridgehead atoms. The molecule has 4 atom stereocenters. The number of ether oxygens (including phenoxy) is 1. The summed E-state index contributed by atoms with van der Waals surface area (Å²) in [6, 6.07) is 1.06. The lowest BCUT2D eigenvalue weighted by molar-refractivity contribution is -0.0939. The Hall–Kier alpha value is -0.120. The topological polar surface area (TPSA) is 52.1 Å². The van der Waals surface area contributed by atoms with E-state index < -0.39 is 0 Å². The average molecular weight is 510 g/mol. The molecular weight excluding hydrogens is 465 g/mol. The molecule has 7 heteroatoms. The molecule has 2 N–H and O–H groups in total. The number of halogens is 1. The van der Waals surface area contributed by atoms with E-state index >= 15 is 0 Å². The number of guanidine groups is 1. The minimum absolute atomic E-state index is 0. The number of nitrogens with zero attached hydrogens (tertiary/aromatic N) is 3. The van der Waals surface area contributed by atoms with Crippen molar-refractivity contribution in [3.63, 3.8) is 0 Å². The second kappa shape index (κ2) is 11.3. The van der Waals surface area contributed by atoms with Crippen LogP contribution in [0.2, 0.25) is 0 Å². The third-order valence-corrected chi connectivity index (χ3v) is 5.94. The molecule has 0 aromatic rings. The van der Waals surface area contributed by atoms with Crippen molar-refractivity contribution in [3.8, 4) is 0 Å². The highest BCUT2D eigenvalue weighted by atomic mass is 127. The maximum atomic E-state index is 5.90.